The maximum absolute atomic E-state index is 14.1. The molecule has 0 saturated carbocycles. The summed E-state index contributed by atoms with van der Waals surface area (Å²) in [7, 11) is 0. The molecule has 13 nitrogen and oxygen atoms in total. The molecule has 1 atom stereocenters. The lowest BCUT2D eigenvalue weighted by molar-refractivity contribution is -0.385. The minimum absolute atomic E-state index is 0.170. The highest BCUT2D eigenvalue weighted by atomic mass is 16.6. The van der Waals surface area contributed by atoms with E-state index in [0.29, 0.717) is 5.69 Å². The Morgan fingerprint density at radius 1 is 0.978 bits per heavy atom. The van der Waals surface area contributed by atoms with E-state index in [1.807, 2.05) is 0 Å². The Kier molecular flexibility index (Phi) is 9.60. The van der Waals surface area contributed by atoms with Gasteiger partial charge in [-0.3, -0.25) is 24.5 Å². The topological polar surface area (TPSA) is 168 Å². The van der Waals surface area contributed by atoms with Crippen LogP contribution in [0.15, 0.2) is 72.8 Å². The molecule has 13 heteroatoms. The second-order valence-electron chi connectivity index (χ2n) is 11.2. The second-order valence-corrected chi connectivity index (χ2v) is 11.2. The fourth-order valence-corrected chi connectivity index (χ4v) is 4.82. The number of nitrogens with one attached hydrogen (secondary N) is 2. The number of anilines is 3. The molecular weight excluding hydrogens is 582 g/mol. The van der Waals surface area contributed by atoms with Crippen molar-refractivity contribution >= 4 is 52.3 Å². The van der Waals surface area contributed by atoms with Gasteiger partial charge in [-0.1, -0.05) is 51.1 Å². The summed E-state index contributed by atoms with van der Waals surface area (Å²) in [6.45, 7) is 6.12. The van der Waals surface area contributed by atoms with E-state index in [9.17, 15) is 34.1 Å². The van der Waals surface area contributed by atoms with Crippen LogP contribution in [0, 0.1) is 15.5 Å². The van der Waals surface area contributed by atoms with Gasteiger partial charge >= 0.3 is 12.0 Å². The number of hydrogen-bond donors (Lipinski definition) is 2. The first kappa shape index (κ1) is 32.3. The first-order chi connectivity index (χ1) is 21.3. The molecule has 45 heavy (non-hydrogen) atoms. The van der Waals surface area contributed by atoms with Crippen molar-refractivity contribution in [2.45, 2.75) is 33.7 Å². The zero-order chi connectivity index (χ0) is 32.9. The lowest BCUT2D eigenvalue weighted by atomic mass is 9.94. The number of carbonyl (C=O) groups is 5. The number of para-hydroxylation sites is 3. The molecule has 0 bridgehead atoms. The van der Waals surface area contributed by atoms with E-state index < -0.39 is 52.3 Å². The average molecular weight is 616 g/mol. The molecule has 3 aromatic carbocycles. The summed E-state index contributed by atoms with van der Waals surface area (Å²) in [5.41, 5.74) is -0.491. The Morgan fingerprint density at radius 3 is 2.31 bits per heavy atom. The van der Waals surface area contributed by atoms with Crippen LogP contribution in [-0.4, -0.2) is 60.3 Å². The van der Waals surface area contributed by atoms with Crippen LogP contribution in [0.3, 0.4) is 0 Å². The number of urea groups is 1. The molecule has 0 saturated heterocycles. The molecule has 0 fully saturated rings. The van der Waals surface area contributed by atoms with Crippen LogP contribution in [0.25, 0.3) is 0 Å². The third kappa shape index (κ3) is 7.32. The number of hydrogen-bond acceptors (Lipinski definition) is 8. The number of ether oxygens (including phenoxy) is 1. The molecule has 0 radical (unpaired) electrons. The Hall–Kier alpha value is -5.59. The van der Waals surface area contributed by atoms with Crippen LogP contribution < -0.4 is 20.4 Å². The van der Waals surface area contributed by atoms with Crippen LogP contribution in [0.2, 0.25) is 0 Å². The van der Waals surface area contributed by atoms with Crippen molar-refractivity contribution < 1.29 is 33.6 Å². The number of carbonyl (C=O) groups excluding carboxylic acids is 5. The molecule has 0 spiro atoms. The molecule has 0 aliphatic carbocycles. The van der Waals surface area contributed by atoms with Gasteiger partial charge in [-0.25, -0.2) is 9.59 Å². The highest BCUT2D eigenvalue weighted by molar-refractivity contribution is 6.13. The van der Waals surface area contributed by atoms with Crippen molar-refractivity contribution in [1.82, 2.24) is 5.32 Å². The minimum Gasteiger partial charge on any atom is -0.462 e. The van der Waals surface area contributed by atoms with Crippen LogP contribution >= 0.6 is 0 Å². The Balaban J connectivity index is 1.70. The van der Waals surface area contributed by atoms with Crippen molar-refractivity contribution in [3.05, 3.63) is 94.0 Å². The Morgan fingerprint density at radius 2 is 1.64 bits per heavy atom. The highest BCUT2D eigenvalue weighted by Gasteiger charge is 2.40. The third-order valence-electron chi connectivity index (χ3n) is 6.92. The van der Waals surface area contributed by atoms with Gasteiger partial charge in [0, 0.05) is 17.2 Å². The van der Waals surface area contributed by atoms with Crippen molar-refractivity contribution in [3.63, 3.8) is 0 Å². The first-order valence-electron chi connectivity index (χ1n) is 14.2. The Bertz CT molecular complexity index is 1660. The predicted octanol–water partition coefficient (Wildman–Crippen LogP) is 4.57. The number of nitrogens with zero attached hydrogens (tertiary/aromatic N) is 3. The summed E-state index contributed by atoms with van der Waals surface area (Å²) in [6, 6.07) is 15.8. The molecule has 3 aromatic rings. The number of Topliss-reactive ketones (excluding diaryl/α,β-unsaturated/α-hetero) is 1. The van der Waals surface area contributed by atoms with Gasteiger partial charge in [0.1, 0.15) is 6.04 Å². The average Bonchev–Trinajstić information content (AvgIpc) is 3.11. The second kappa shape index (κ2) is 13.4. The summed E-state index contributed by atoms with van der Waals surface area (Å²) < 4.78 is 5.01. The fourth-order valence-electron chi connectivity index (χ4n) is 4.82. The molecule has 0 aromatic heterocycles. The zero-order valence-electron chi connectivity index (χ0n) is 25.2. The van der Waals surface area contributed by atoms with Gasteiger partial charge in [-0.15, -0.1) is 0 Å². The number of nitro groups is 1. The van der Waals surface area contributed by atoms with Crippen molar-refractivity contribution in [3.8, 4) is 0 Å². The number of benzene rings is 3. The smallest absolute Gasteiger partial charge is 0.338 e. The number of ketones is 1. The van der Waals surface area contributed by atoms with E-state index in [-0.39, 0.29) is 41.6 Å². The van der Waals surface area contributed by atoms with Crippen LogP contribution in [0.4, 0.5) is 27.5 Å². The molecule has 1 unspecified atom stereocenters. The number of amides is 4. The predicted molar refractivity (Wildman–Crippen MR) is 166 cm³/mol. The van der Waals surface area contributed by atoms with Gasteiger partial charge in [0.15, 0.2) is 5.78 Å². The molecule has 1 heterocycles. The molecule has 4 amide bonds. The van der Waals surface area contributed by atoms with E-state index in [2.05, 4.69) is 10.6 Å². The molecule has 234 valence electrons. The number of nitro benzene ring substituents is 1. The Labute approximate surface area is 259 Å². The van der Waals surface area contributed by atoms with Crippen molar-refractivity contribution in [1.29, 1.82) is 0 Å². The molecule has 1 aliphatic rings. The van der Waals surface area contributed by atoms with E-state index in [1.165, 1.54) is 41.3 Å². The largest absolute Gasteiger partial charge is 0.462 e. The van der Waals surface area contributed by atoms with Crippen LogP contribution in [0.5, 0.6) is 0 Å². The molecular formula is C32H33N5O8. The molecule has 1 aliphatic heterocycles. The summed E-state index contributed by atoms with van der Waals surface area (Å²) >= 11 is 0. The van der Waals surface area contributed by atoms with Gasteiger partial charge in [-0.2, -0.15) is 0 Å². The molecule has 2 N–H and O–H groups in total. The van der Waals surface area contributed by atoms with Crippen LogP contribution in [-0.2, 0) is 14.3 Å². The first-order valence-corrected chi connectivity index (χ1v) is 14.2. The summed E-state index contributed by atoms with van der Waals surface area (Å²) in [6.07, 6.45) is 0. The van der Waals surface area contributed by atoms with E-state index in [0.717, 1.165) is 4.90 Å². The lowest BCUT2D eigenvalue weighted by Crippen LogP contribution is -2.55. The normalized spacial score (nSPS) is 14.6. The monoisotopic (exact) mass is 615 g/mol. The number of fused-ring (bicyclic) bond motifs is 1. The fraction of sp³-hybridized carbons (Fsp3) is 0.281. The highest BCUT2D eigenvalue weighted by Crippen LogP contribution is 2.36. The zero-order valence-corrected chi connectivity index (χ0v) is 25.2. The van der Waals surface area contributed by atoms with Crippen molar-refractivity contribution in [2.24, 2.45) is 5.41 Å². The summed E-state index contributed by atoms with van der Waals surface area (Å²) in [5, 5.41) is 16.8. The third-order valence-corrected chi connectivity index (χ3v) is 6.92. The van der Waals surface area contributed by atoms with Gasteiger partial charge in [-0.05, 0) is 43.3 Å². The number of rotatable bonds is 8. The number of esters is 1. The lowest BCUT2D eigenvalue weighted by Gasteiger charge is -2.30. The van der Waals surface area contributed by atoms with E-state index >= 15 is 0 Å². The quantitative estimate of drug-likeness (QED) is 0.161. The minimum atomic E-state index is -1.34. The van der Waals surface area contributed by atoms with Gasteiger partial charge < -0.3 is 25.2 Å². The van der Waals surface area contributed by atoms with Gasteiger partial charge in [0.2, 0.25) is 5.91 Å². The summed E-state index contributed by atoms with van der Waals surface area (Å²) in [4.78, 5) is 80.0. The van der Waals surface area contributed by atoms with Gasteiger partial charge in [0.25, 0.3) is 11.6 Å². The van der Waals surface area contributed by atoms with E-state index in [4.69, 9.17) is 4.74 Å². The van der Waals surface area contributed by atoms with Crippen LogP contribution in [0.1, 0.15) is 48.4 Å². The summed E-state index contributed by atoms with van der Waals surface area (Å²) in [5.74, 6) is -2.34. The maximum Gasteiger partial charge on any atom is 0.338 e. The molecule has 4 rings (SSSR count). The van der Waals surface area contributed by atoms with Gasteiger partial charge in [0.05, 0.1) is 47.1 Å². The van der Waals surface area contributed by atoms with E-state index in [1.54, 1.807) is 64.1 Å². The van der Waals surface area contributed by atoms with Crippen molar-refractivity contribution in [2.75, 3.05) is 34.8 Å². The standard InChI is InChI=1S/C32H33N5O8/c1-5-45-29(40)20-11-10-12-21(17-20)33-31(42)34-23-18-36(30(41)32(2,3)4)26-16-9-8-15-25(26)35(28(23)39)19-27(38)22-13-6-7-14-24(22)37(43)44/h6-17,23H,5,18-19H2,1-4H3,(H2,33,34,42). The SMILES string of the molecule is CCOC(=O)c1cccc(NC(=O)NC2CN(C(=O)C(C)(C)C)c3ccccc3N(CC(=O)c3ccccc3[N+](=O)[O-])C2=O)c1. The maximum atomic E-state index is 14.1.